The first-order valence-electron chi connectivity index (χ1n) is 5.56. The van der Waals surface area contributed by atoms with Crippen molar-refractivity contribution >= 4 is 11.6 Å². The summed E-state index contributed by atoms with van der Waals surface area (Å²) in [5.74, 6) is 0. The second kappa shape index (κ2) is 5.22. The Morgan fingerprint density at radius 2 is 1.89 bits per heavy atom. The number of nitrogens with zero attached hydrogens (tertiary/aromatic N) is 1. The van der Waals surface area contributed by atoms with E-state index in [0.29, 0.717) is 16.1 Å². The minimum Gasteiger partial charge on any atom is -0.384 e. The standard InChI is InChI=1S/C15H12ClNO/c1-10-5-6-13(8-14(10)16)15(18)12-4-2-3-11(7-12)9-17/h2-8,15,18H,1H3. The zero-order valence-corrected chi connectivity index (χ0v) is 10.6. The highest BCUT2D eigenvalue weighted by Gasteiger charge is 2.11. The third-order valence-corrected chi connectivity index (χ3v) is 3.25. The van der Waals surface area contributed by atoms with Crippen molar-refractivity contribution in [3.05, 3.63) is 69.7 Å². The summed E-state index contributed by atoms with van der Waals surface area (Å²) in [7, 11) is 0. The molecule has 2 aromatic carbocycles. The molecule has 2 rings (SSSR count). The van der Waals surface area contributed by atoms with Gasteiger partial charge in [0.1, 0.15) is 6.10 Å². The number of aliphatic hydroxyl groups excluding tert-OH is 1. The van der Waals surface area contributed by atoms with Gasteiger partial charge in [-0.3, -0.25) is 0 Å². The molecule has 0 saturated carbocycles. The van der Waals surface area contributed by atoms with Crippen molar-refractivity contribution in [2.75, 3.05) is 0 Å². The lowest BCUT2D eigenvalue weighted by Crippen LogP contribution is -2.00. The molecule has 0 radical (unpaired) electrons. The lowest BCUT2D eigenvalue weighted by atomic mass is 9.99. The van der Waals surface area contributed by atoms with E-state index >= 15 is 0 Å². The van der Waals surface area contributed by atoms with Crippen LogP contribution in [0.25, 0.3) is 0 Å². The van der Waals surface area contributed by atoms with E-state index in [1.165, 1.54) is 0 Å². The molecule has 0 aliphatic heterocycles. The Morgan fingerprint density at radius 1 is 1.17 bits per heavy atom. The minimum atomic E-state index is -0.767. The van der Waals surface area contributed by atoms with E-state index in [-0.39, 0.29) is 0 Å². The van der Waals surface area contributed by atoms with Crippen molar-refractivity contribution < 1.29 is 5.11 Å². The summed E-state index contributed by atoms with van der Waals surface area (Å²) in [4.78, 5) is 0. The molecule has 0 aromatic heterocycles. The molecule has 1 N–H and O–H groups in total. The molecular weight excluding hydrogens is 246 g/mol. The average Bonchev–Trinajstić information content (AvgIpc) is 2.41. The number of hydrogen-bond acceptors (Lipinski definition) is 2. The van der Waals surface area contributed by atoms with Crippen molar-refractivity contribution in [3.63, 3.8) is 0 Å². The van der Waals surface area contributed by atoms with Crippen LogP contribution in [-0.2, 0) is 0 Å². The molecule has 2 aromatic rings. The van der Waals surface area contributed by atoms with Gasteiger partial charge in [0.25, 0.3) is 0 Å². The lowest BCUT2D eigenvalue weighted by Gasteiger charge is -2.12. The van der Waals surface area contributed by atoms with Gasteiger partial charge in [-0.05, 0) is 41.8 Å². The van der Waals surface area contributed by atoms with Crippen LogP contribution in [0, 0.1) is 18.3 Å². The van der Waals surface area contributed by atoms with Crippen LogP contribution in [0.5, 0.6) is 0 Å². The lowest BCUT2D eigenvalue weighted by molar-refractivity contribution is 0.220. The van der Waals surface area contributed by atoms with Crippen LogP contribution in [0.3, 0.4) is 0 Å². The first-order chi connectivity index (χ1) is 8.61. The molecule has 0 aliphatic carbocycles. The highest BCUT2D eigenvalue weighted by Crippen LogP contribution is 2.26. The Hall–Kier alpha value is -1.82. The van der Waals surface area contributed by atoms with Crippen LogP contribution in [0.2, 0.25) is 5.02 Å². The van der Waals surface area contributed by atoms with Crippen molar-refractivity contribution in [1.29, 1.82) is 5.26 Å². The Morgan fingerprint density at radius 3 is 2.56 bits per heavy atom. The number of aryl methyl sites for hydroxylation is 1. The van der Waals surface area contributed by atoms with Gasteiger partial charge in [-0.1, -0.05) is 35.9 Å². The highest BCUT2D eigenvalue weighted by atomic mass is 35.5. The summed E-state index contributed by atoms with van der Waals surface area (Å²) >= 11 is 6.04. The fourth-order valence-electron chi connectivity index (χ4n) is 1.75. The number of nitriles is 1. The molecule has 2 nitrogen and oxygen atoms in total. The Labute approximate surface area is 111 Å². The summed E-state index contributed by atoms with van der Waals surface area (Å²) in [6.07, 6.45) is -0.767. The van der Waals surface area contributed by atoms with Gasteiger partial charge in [0.05, 0.1) is 11.6 Å². The van der Waals surface area contributed by atoms with Gasteiger partial charge in [0, 0.05) is 5.02 Å². The van der Waals surface area contributed by atoms with E-state index in [0.717, 1.165) is 11.1 Å². The molecule has 0 fully saturated rings. The number of aliphatic hydroxyl groups is 1. The van der Waals surface area contributed by atoms with E-state index in [1.807, 2.05) is 19.1 Å². The van der Waals surface area contributed by atoms with Crippen molar-refractivity contribution in [1.82, 2.24) is 0 Å². The van der Waals surface area contributed by atoms with Crippen LogP contribution >= 0.6 is 11.6 Å². The van der Waals surface area contributed by atoms with Crippen LogP contribution in [0.15, 0.2) is 42.5 Å². The van der Waals surface area contributed by atoms with E-state index < -0.39 is 6.10 Å². The maximum Gasteiger partial charge on any atom is 0.104 e. The Bertz CT molecular complexity index is 616. The fraction of sp³-hybridized carbons (Fsp3) is 0.133. The Kier molecular flexibility index (Phi) is 3.66. The van der Waals surface area contributed by atoms with Gasteiger partial charge < -0.3 is 5.11 Å². The van der Waals surface area contributed by atoms with Gasteiger partial charge in [0.15, 0.2) is 0 Å². The van der Waals surface area contributed by atoms with Gasteiger partial charge >= 0.3 is 0 Å². The number of benzene rings is 2. The maximum absolute atomic E-state index is 10.3. The predicted molar refractivity (Wildman–Crippen MR) is 71.4 cm³/mol. The first kappa shape index (κ1) is 12.6. The van der Waals surface area contributed by atoms with Crippen LogP contribution in [0.1, 0.15) is 28.4 Å². The summed E-state index contributed by atoms with van der Waals surface area (Å²) in [6, 6.07) is 14.4. The highest BCUT2D eigenvalue weighted by molar-refractivity contribution is 6.31. The third kappa shape index (κ3) is 2.53. The predicted octanol–water partition coefficient (Wildman–Crippen LogP) is 3.60. The van der Waals surface area contributed by atoms with E-state index in [2.05, 4.69) is 6.07 Å². The molecular formula is C15H12ClNO. The summed E-state index contributed by atoms with van der Waals surface area (Å²) < 4.78 is 0. The van der Waals surface area contributed by atoms with E-state index in [9.17, 15) is 5.11 Å². The van der Waals surface area contributed by atoms with Gasteiger partial charge in [-0.2, -0.15) is 5.26 Å². The van der Waals surface area contributed by atoms with E-state index in [1.54, 1.807) is 30.3 Å². The number of rotatable bonds is 2. The molecule has 18 heavy (non-hydrogen) atoms. The quantitative estimate of drug-likeness (QED) is 0.893. The summed E-state index contributed by atoms with van der Waals surface area (Å²) in [5, 5.41) is 19.7. The van der Waals surface area contributed by atoms with Crippen molar-refractivity contribution in [2.45, 2.75) is 13.0 Å². The molecule has 1 atom stereocenters. The molecule has 0 spiro atoms. The minimum absolute atomic E-state index is 0.532. The molecule has 0 bridgehead atoms. The summed E-state index contributed by atoms with van der Waals surface area (Å²) in [6.45, 7) is 1.91. The van der Waals surface area contributed by atoms with Crippen LogP contribution in [-0.4, -0.2) is 5.11 Å². The Balaban J connectivity index is 2.38. The maximum atomic E-state index is 10.3. The molecule has 1 unspecified atom stereocenters. The molecule has 0 heterocycles. The topological polar surface area (TPSA) is 44.0 Å². The third-order valence-electron chi connectivity index (χ3n) is 2.84. The van der Waals surface area contributed by atoms with Gasteiger partial charge in [-0.15, -0.1) is 0 Å². The molecule has 0 amide bonds. The van der Waals surface area contributed by atoms with Gasteiger partial charge in [0.2, 0.25) is 0 Å². The van der Waals surface area contributed by atoms with E-state index in [4.69, 9.17) is 16.9 Å². The van der Waals surface area contributed by atoms with Crippen LogP contribution < -0.4 is 0 Å². The zero-order valence-electron chi connectivity index (χ0n) is 9.89. The van der Waals surface area contributed by atoms with Crippen molar-refractivity contribution in [3.8, 4) is 6.07 Å². The molecule has 90 valence electrons. The second-order valence-corrected chi connectivity index (χ2v) is 4.56. The molecule has 0 saturated heterocycles. The van der Waals surface area contributed by atoms with Crippen LogP contribution in [0.4, 0.5) is 0 Å². The second-order valence-electron chi connectivity index (χ2n) is 4.15. The number of halogens is 1. The largest absolute Gasteiger partial charge is 0.384 e. The van der Waals surface area contributed by atoms with Crippen molar-refractivity contribution in [2.24, 2.45) is 0 Å². The van der Waals surface area contributed by atoms with Gasteiger partial charge in [-0.25, -0.2) is 0 Å². The summed E-state index contributed by atoms with van der Waals surface area (Å²) in [5.41, 5.74) is 2.91. The monoisotopic (exact) mass is 257 g/mol. The molecule has 3 heteroatoms. The SMILES string of the molecule is Cc1ccc(C(O)c2cccc(C#N)c2)cc1Cl. The average molecular weight is 258 g/mol. The smallest absolute Gasteiger partial charge is 0.104 e. The molecule has 0 aliphatic rings. The zero-order chi connectivity index (χ0) is 13.1. The normalized spacial score (nSPS) is 11.9. The first-order valence-corrected chi connectivity index (χ1v) is 5.94. The fourth-order valence-corrected chi connectivity index (χ4v) is 1.94. The number of hydrogen-bond donors (Lipinski definition) is 1.